The molecule has 1 heterocycles. The van der Waals surface area contributed by atoms with E-state index in [-0.39, 0.29) is 0 Å². The summed E-state index contributed by atoms with van der Waals surface area (Å²) in [4.78, 5) is 16.3. The van der Waals surface area contributed by atoms with E-state index in [9.17, 15) is 9.90 Å². The molecule has 1 aliphatic heterocycles. The van der Waals surface area contributed by atoms with Crippen LogP contribution in [0.4, 0.5) is 11.4 Å². The summed E-state index contributed by atoms with van der Waals surface area (Å²) < 4.78 is 6.27. The van der Waals surface area contributed by atoms with Gasteiger partial charge in [-0.15, -0.1) is 0 Å². The Morgan fingerprint density at radius 2 is 1.88 bits per heavy atom. The summed E-state index contributed by atoms with van der Waals surface area (Å²) in [6.45, 7) is 0. The Bertz CT molecular complexity index is 822. The van der Waals surface area contributed by atoms with Gasteiger partial charge in [0, 0.05) is 48.5 Å². The zero-order chi connectivity index (χ0) is 17.6. The Kier molecular flexibility index (Phi) is 4.05. The van der Waals surface area contributed by atoms with Gasteiger partial charge in [-0.05, 0) is 30.3 Å². The Morgan fingerprint density at radius 3 is 2.50 bits per heavy atom. The van der Waals surface area contributed by atoms with Crippen LogP contribution >= 0.6 is 15.9 Å². The van der Waals surface area contributed by atoms with Crippen molar-refractivity contribution in [2.24, 2.45) is 0 Å². The molecule has 2 aromatic rings. The van der Waals surface area contributed by atoms with Crippen molar-refractivity contribution in [2.75, 3.05) is 38.1 Å². The number of carbonyl (C=O) groups excluding carboxylic acids is 1. The van der Waals surface area contributed by atoms with Crippen LogP contribution in [-0.4, -0.2) is 39.3 Å². The number of amides is 1. The highest BCUT2D eigenvalue weighted by molar-refractivity contribution is 9.10. The molecule has 24 heavy (non-hydrogen) atoms. The first kappa shape index (κ1) is 16.8. The first-order valence-electron chi connectivity index (χ1n) is 7.47. The van der Waals surface area contributed by atoms with Gasteiger partial charge in [-0.2, -0.15) is 0 Å². The average molecular weight is 391 g/mol. The molecule has 3 rings (SSSR count). The number of benzene rings is 2. The zero-order valence-corrected chi connectivity index (χ0v) is 15.6. The first-order valence-corrected chi connectivity index (χ1v) is 8.26. The van der Waals surface area contributed by atoms with Crippen LogP contribution in [-0.2, 0) is 10.4 Å². The van der Waals surface area contributed by atoms with Gasteiger partial charge in [0.05, 0.1) is 12.8 Å². The molecule has 1 amide bonds. The van der Waals surface area contributed by atoms with Gasteiger partial charge in [0.15, 0.2) is 5.60 Å². The van der Waals surface area contributed by atoms with E-state index in [1.807, 2.05) is 43.3 Å². The van der Waals surface area contributed by atoms with Crippen LogP contribution in [0.3, 0.4) is 0 Å². The molecule has 0 bridgehead atoms. The molecule has 1 aliphatic rings. The van der Waals surface area contributed by atoms with Crippen molar-refractivity contribution in [2.45, 2.75) is 5.60 Å². The van der Waals surface area contributed by atoms with Gasteiger partial charge in [0.25, 0.3) is 5.91 Å². The molecule has 1 N–H and O–H groups in total. The molecule has 0 saturated heterocycles. The molecule has 6 heteroatoms. The zero-order valence-electron chi connectivity index (χ0n) is 14.0. The monoisotopic (exact) mass is 390 g/mol. The van der Waals surface area contributed by atoms with Crippen LogP contribution in [0.25, 0.3) is 0 Å². The lowest BCUT2D eigenvalue weighted by molar-refractivity contribution is -0.132. The number of likely N-dealkylation sites (N-methyl/N-ethyl adjacent to an activating group) is 1. The number of anilines is 2. The van der Waals surface area contributed by atoms with Crippen LogP contribution < -0.4 is 14.5 Å². The SMILES string of the molecule is COc1cc(N(C)C)ccc1[C@]1(O)C(=O)N(C)c2ccc(Br)cc21. The molecule has 0 radical (unpaired) electrons. The summed E-state index contributed by atoms with van der Waals surface area (Å²) in [5, 5.41) is 11.4. The van der Waals surface area contributed by atoms with Crippen LogP contribution in [0.1, 0.15) is 11.1 Å². The quantitative estimate of drug-likeness (QED) is 0.875. The Hall–Kier alpha value is -2.05. The molecular weight excluding hydrogens is 372 g/mol. The minimum absolute atomic E-state index is 0.397. The van der Waals surface area contributed by atoms with E-state index < -0.39 is 11.5 Å². The maximum atomic E-state index is 12.9. The van der Waals surface area contributed by atoms with Crippen molar-refractivity contribution >= 4 is 33.2 Å². The van der Waals surface area contributed by atoms with Gasteiger partial charge < -0.3 is 19.6 Å². The minimum atomic E-state index is -1.77. The Morgan fingerprint density at radius 1 is 1.17 bits per heavy atom. The van der Waals surface area contributed by atoms with Gasteiger partial charge in [0.1, 0.15) is 5.75 Å². The third-order valence-electron chi connectivity index (χ3n) is 4.42. The largest absolute Gasteiger partial charge is 0.496 e. The second-order valence-electron chi connectivity index (χ2n) is 6.02. The van der Waals surface area contributed by atoms with E-state index in [2.05, 4.69) is 15.9 Å². The van der Waals surface area contributed by atoms with Gasteiger partial charge in [-0.3, -0.25) is 4.79 Å². The number of methoxy groups -OCH3 is 1. The predicted molar refractivity (Wildman–Crippen MR) is 97.9 cm³/mol. The lowest BCUT2D eigenvalue weighted by Gasteiger charge is -2.26. The Balaban J connectivity index is 2.26. The van der Waals surface area contributed by atoms with E-state index in [0.717, 1.165) is 10.2 Å². The summed E-state index contributed by atoms with van der Waals surface area (Å²) in [6.07, 6.45) is 0. The first-order chi connectivity index (χ1) is 11.3. The number of hydrogen-bond acceptors (Lipinski definition) is 4. The van der Waals surface area contributed by atoms with Crippen LogP contribution in [0.5, 0.6) is 5.75 Å². The van der Waals surface area contributed by atoms with Gasteiger partial charge >= 0.3 is 0 Å². The summed E-state index contributed by atoms with van der Waals surface area (Å²) in [5.74, 6) is 0.0739. The standard InChI is InChI=1S/C18H19BrN2O3/c1-20(2)12-6-7-13(16(10-12)24-4)18(23)14-9-11(19)5-8-15(14)21(3)17(18)22/h5-10,23H,1-4H3/t18-/m1/s1. The van der Waals surface area contributed by atoms with E-state index in [4.69, 9.17) is 4.74 Å². The number of ether oxygens (including phenoxy) is 1. The summed E-state index contributed by atoms with van der Waals surface area (Å²) in [7, 11) is 7.04. The lowest BCUT2D eigenvalue weighted by atomic mass is 9.86. The summed E-state index contributed by atoms with van der Waals surface area (Å²) in [5.41, 5.74) is 0.811. The fraction of sp³-hybridized carbons (Fsp3) is 0.278. The average Bonchev–Trinajstić information content (AvgIpc) is 2.76. The number of fused-ring (bicyclic) bond motifs is 1. The predicted octanol–water partition coefficient (Wildman–Crippen LogP) is 2.74. The topological polar surface area (TPSA) is 53.0 Å². The molecule has 0 spiro atoms. The second kappa shape index (κ2) is 5.79. The molecule has 0 unspecified atom stereocenters. The Labute approximate surface area is 149 Å². The molecular formula is C18H19BrN2O3. The number of halogens is 1. The van der Waals surface area contributed by atoms with Crippen molar-refractivity contribution in [3.05, 3.63) is 52.0 Å². The molecule has 126 valence electrons. The van der Waals surface area contributed by atoms with E-state index in [1.54, 1.807) is 19.2 Å². The molecule has 0 aromatic heterocycles. The van der Waals surface area contributed by atoms with Gasteiger partial charge in [-0.1, -0.05) is 15.9 Å². The number of carbonyl (C=O) groups is 1. The smallest absolute Gasteiger partial charge is 0.268 e. The highest BCUT2D eigenvalue weighted by Gasteiger charge is 2.51. The van der Waals surface area contributed by atoms with Crippen molar-refractivity contribution < 1.29 is 14.6 Å². The number of nitrogens with zero attached hydrogens (tertiary/aromatic N) is 2. The highest BCUT2D eigenvalue weighted by atomic mass is 79.9. The molecule has 2 aromatic carbocycles. The number of hydrogen-bond donors (Lipinski definition) is 1. The molecule has 0 aliphatic carbocycles. The molecule has 0 saturated carbocycles. The van der Waals surface area contributed by atoms with E-state index >= 15 is 0 Å². The summed E-state index contributed by atoms with van der Waals surface area (Å²) in [6, 6.07) is 10.9. The maximum Gasteiger partial charge on any atom is 0.268 e. The van der Waals surface area contributed by atoms with Crippen molar-refractivity contribution in [3.8, 4) is 5.75 Å². The molecule has 1 atom stereocenters. The molecule has 5 nitrogen and oxygen atoms in total. The molecule has 0 fully saturated rings. The van der Waals surface area contributed by atoms with Crippen molar-refractivity contribution in [1.82, 2.24) is 0 Å². The van der Waals surface area contributed by atoms with Crippen molar-refractivity contribution in [3.63, 3.8) is 0 Å². The van der Waals surface area contributed by atoms with Gasteiger partial charge in [0.2, 0.25) is 0 Å². The maximum absolute atomic E-state index is 12.9. The van der Waals surface area contributed by atoms with Crippen LogP contribution in [0, 0.1) is 0 Å². The highest BCUT2D eigenvalue weighted by Crippen LogP contribution is 2.47. The van der Waals surface area contributed by atoms with E-state index in [0.29, 0.717) is 22.6 Å². The number of rotatable bonds is 3. The third kappa shape index (κ3) is 2.29. The normalized spacial score (nSPS) is 19.4. The van der Waals surface area contributed by atoms with Crippen LogP contribution in [0.15, 0.2) is 40.9 Å². The van der Waals surface area contributed by atoms with Crippen molar-refractivity contribution in [1.29, 1.82) is 0 Å². The lowest BCUT2D eigenvalue weighted by Crippen LogP contribution is -2.39. The van der Waals surface area contributed by atoms with Gasteiger partial charge in [-0.25, -0.2) is 0 Å². The summed E-state index contributed by atoms with van der Waals surface area (Å²) >= 11 is 3.42. The fourth-order valence-electron chi connectivity index (χ4n) is 3.08. The van der Waals surface area contributed by atoms with Crippen LogP contribution in [0.2, 0.25) is 0 Å². The second-order valence-corrected chi connectivity index (χ2v) is 6.93. The fourth-order valence-corrected chi connectivity index (χ4v) is 3.44. The third-order valence-corrected chi connectivity index (χ3v) is 4.91. The van der Waals surface area contributed by atoms with E-state index in [1.165, 1.54) is 12.0 Å². The minimum Gasteiger partial charge on any atom is -0.496 e. The number of aliphatic hydroxyl groups is 1.